The van der Waals surface area contributed by atoms with Crippen LogP contribution < -0.4 is 5.32 Å². The third-order valence-electron chi connectivity index (χ3n) is 2.57. The van der Waals surface area contributed by atoms with Gasteiger partial charge >= 0.3 is 0 Å². The molecule has 1 aromatic heterocycles. The molecule has 0 aliphatic carbocycles. The van der Waals surface area contributed by atoms with Crippen molar-refractivity contribution in [3.63, 3.8) is 0 Å². The predicted octanol–water partition coefficient (Wildman–Crippen LogP) is 1.77. The van der Waals surface area contributed by atoms with Gasteiger partial charge in [-0.2, -0.15) is 5.10 Å². The maximum Gasteiger partial charge on any atom is 0.115 e. The zero-order valence-corrected chi connectivity index (χ0v) is 9.71. The first-order valence-corrected chi connectivity index (χ1v) is 5.80. The summed E-state index contributed by atoms with van der Waals surface area (Å²) < 4.78 is 1.93. The Labute approximate surface area is 101 Å². The number of nitrogens with one attached hydrogen (secondary N) is 1. The molecule has 0 unspecified atom stereocenters. The van der Waals surface area contributed by atoms with E-state index in [1.165, 1.54) is 5.56 Å². The van der Waals surface area contributed by atoms with Crippen molar-refractivity contribution >= 4 is 0 Å². The van der Waals surface area contributed by atoms with Crippen LogP contribution in [0.1, 0.15) is 12.0 Å². The fourth-order valence-electron chi connectivity index (χ4n) is 1.65. The molecule has 0 amide bonds. The molecular weight excluding hydrogens is 214 g/mol. The van der Waals surface area contributed by atoms with Crippen LogP contribution in [0.25, 0.3) is 0 Å². The lowest BCUT2D eigenvalue weighted by molar-refractivity contribution is 0.475. The highest BCUT2D eigenvalue weighted by molar-refractivity contribution is 5.25. The van der Waals surface area contributed by atoms with E-state index in [9.17, 15) is 0 Å². The van der Waals surface area contributed by atoms with E-state index in [0.29, 0.717) is 5.75 Å². The Morgan fingerprint density at radius 1 is 1.24 bits per heavy atom. The van der Waals surface area contributed by atoms with Gasteiger partial charge in [0.2, 0.25) is 0 Å². The minimum Gasteiger partial charge on any atom is -0.508 e. The SMILES string of the molecule is Oc1ccc(CNCCCn2cccn2)cc1. The second-order valence-corrected chi connectivity index (χ2v) is 3.97. The van der Waals surface area contributed by atoms with Crippen LogP contribution in [0.3, 0.4) is 0 Å². The van der Waals surface area contributed by atoms with E-state index in [4.69, 9.17) is 5.11 Å². The Hall–Kier alpha value is -1.81. The van der Waals surface area contributed by atoms with Gasteiger partial charge in [0.25, 0.3) is 0 Å². The number of aromatic nitrogens is 2. The lowest BCUT2D eigenvalue weighted by Crippen LogP contribution is -2.16. The summed E-state index contributed by atoms with van der Waals surface area (Å²) in [6.45, 7) is 2.73. The Balaban J connectivity index is 1.61. The molecule has 0 saturated heterocycles. The largest absolute Gasteiger partial charge is 0.508 e. The zero-order valence-electron chi connectivity index (χ0n) is 9.71. The van der Waals surface area contributed by atoms with Gasteiger partial charge in [0.05, 0.1) is 0 Å². The summed E-state index contributed by atoms with van der Waals surface area (Å²) >= 11 is 0. The molecule has 4 heteroatoms. The van der Waals surface area contributed by atoms with E-state index in [0.717, 1.165) is 26.1 Å². The molecule has 1 aromatic carbocycles. The molecule has 0 bridgehead atoms. The van der Waals surface area contributed by atoms with Crippen LogP contribution in [-0.2, 0) is 13.1 Å². The fourth-order valence-corrected chi connectivity index (χ4v) is 1.65. The van der Waals surface area contributed by atoms with Gasteiger partial charge in [0.15, 0.2) is 0 Å². The number of hydrogen-bond acceptors (Lipinski definition) is 3. The van der Waals surface area contributed by atoms with Crippen LogP contribution >= 0.6 is 0 Å². The van der Waals surface area contributed by atoms with E-state index < -0.39 is 0 Å². The highest BCUT2D eigenvalue weighted by Gasteiger charge is 1.94. The molecule has 2 rings (SSSR count). The summed E-state index contributed by atoms with van der Waals surface area (Å²) in [4.78, 5) is 0. The summed E-state index contributed by atoms with van der Waals surface area (Å²) in [5.41, 5.74) is 1.18. The van der Waals surface area contributed by atoms with Crippen LogP contribution in [0.4, 0.5) is 0 Å². The molecule has 0 aliphatic rings. The van der Waals surface area contributed by atoms with Crippen molar-refractivity contribution in [1.82, 2.24) is 15.1 Å². The van der Waals surface area contributed by atoms with Crippen molar-refractivity contribution in [3.8, 4) is 5.75 Å². The quantitative estimate of drug-likeness (QED) is 0.745. The van der Waals surface area contributed by atoms with E-state index in [1.807, 2.05) is 29.1 Å². The van der Waals surface area contributed by atoms with Crippen molar-refractivity contribution in [2.24, 2.45) is 0 Å². The number of phenols is 1. The van der Waals surface area contributed by atoms with E-state index in [-0.39, 0.29) is 0 Å². The second kappa shape index (κ2) is 6.06. The first-order chi connectivity index (χ1) is 8.34. The molecule has 2 aromatic rings. The summed E-state index contributed by atoms with van der Waals surface area (Å²) in [5, 5.41) is 16.6. The molecule has 0 aliphatic heterocycles. The van der Waals surface area contributed by atoms with Crippen LogP contribution in [0.15, 0.2) is 42.7 Å². The molecule has 90 valence electrons. The van der Waals surface area contributed by atoms with Crippen LogP contribution in [0.2, 0.25) is 0 Å². The molecule has 0 fully saturated rings. The fraction of sp³-hybridized carbons (Fsp3) is 0.308. The molecule has 0 radical (unpaired) electrons. The minimum absolute atomic E-state index is 0.312. The topological polar surface area (TPSA) is 50.1 Å². The maximum absolute atomic E-state index is 9.14. The summed E-state index contributed by atoms with van der Waals surface area (Å²) in [6.07, 6.45) is 4.82. The average Bonchev–Trinajstić information content (AvgIpc) is 2.84. The monoisotopic (exact) mass is 231 g/mol. The first kappa shape index (κ1) is 11.7. The number of aromatic hydroxyl groups is 1. The van der Waals surface area contributed by atoms with E-state index >= 15 is 0 Å². The first-order valence-electron chi connectivity index (χ1n) is 5.80. The number of nitrogens with zero attached hydrogens (tertiary/aromatic N) is 2. The molecule has 0 spiro atoms. The normalized spacial score (nSPS) is 10.6. The number of phenolic OH excluding ortho intramolecular Hbond substituents is 1. The second-order valence-electron chi connectivity index (χ2n) is 3.97. The molecule has 17 heavy (non-hydrogen) atoms. The molecular formula is C13H17N3O. The molecule has 2 N–H and O–H groups in total. The number of rotatable bonds is 6. The van der Waals surface area contributed by atoms with Gasteiger partial charge in [-0.25, -0.2) is 0 Å². The van der Waals surface area contributed by atoms with Crippen molar-refractivity contribution < 1.29 is 5.11 Å². The molecule has 4 nitrogen and oxygen atoms in total. The van der Waals surface area contributed by atoms with Gasteiger partial charge < -0.3 is 10.4 Å². The van der Waals surface area contributed by atoms with E-state index in [1.54, 1.807) is 18.3 Å². The van der Waals surface area contributed by atoms with Gasteiger partial charge in [-0.3, -0.25) is 4.68 Å². The number of aryl methyl sites for hydroxylation is 1. The third kappa shape index (κ3) is 3.92. The van der Waals surface area contributed by atoms with Crippen LogP contribution in [-0.4, -0.2) is 21.4 Å². The van der Waals surface area contributed by atoms with Gasteiger partial charge in [0.1, 0.15) is 5.75 Å². The summed E-state index contributed by atoms with van der Waals surface area (Å²) in [5.74, 6) is 0.312. The van der Waals surface area contributed by atoms with Crippen molar-refractivity contribution in [2.45, 2.75) is 19.5 Å². The number of hydrogen-bond donors (Lipinski definition) is 2. The van der Waals surface area contributed by atoms with Crippen LogP contribution in [0.5, 0.6) is 5.75 Å². The summed E-state index contributed by atoms with van der Waals surface area (Å²) in [6, 6.07) is 9.21. The van der Waals surface area contributed by atoms with Gasteiger partial charge in [0, 0.05) is 25.5 Å². The zero-order chi connectivity index (χ0) is 11.9. The number of benzene rings is 1. The maximum atomic E-state index is 9.14. The van der Waals surface area contributed by atoms with Gasteiger partial charge in [-0.1, -0.05) is 12.1 Å². The molecule has 1 heterocycles. The van der Waals surface area contributed by atoms with Crippen molar-refractivity contribution in [2.75, 3.05) is 6.54 Å². The molecule has 0 atom stereocenters. The summed E-state index contributed by atoms with van der Waals surface area (Å²) in [7, 11) is 0. The minimum atomic E-state index is 0.312. The lowest BCUT2D eigenvalue weighted by atomic mass is 10.2. The third-order valence-corrected chi connectivity index (χ3v) is 2.57. The highest BCUT2D eigenvalue weighted by atomic mass is 16.3. The average molecular weight is 231 g/mol. The van der Waals surface area contributed by atoms with Gasteiger partial charge in [-0.05, 0) is 36.7 Å². The molecule has 0 saturated carbocycles. The van der Waals surface area contributed by atoms with E-state index in [2.05, 4.69) is 10.4 Å². The smallest absolute Gasteiger partial charge is 0.115 e. The van der Waals surface area contributed by atoms with Gasteiger partial charge in [-0.15, -0.1) is 0 Å². The lowest BCUT2D eigenvalue weighted by Gasteiger charge is -2.05. The Kier molecular flexibility index (Phi) is 4.16. The Morgan fingerprint density at radius 2 is 2.06 bits per heavy atom. The van der Waals surface area contributed by atoms with Crippen molar-refractivity contribution in [3.05, 3.63) is 48.3 Å². The predicted molar refractivity (Wildman–Crippen MR) is 66.7 cm³/mol. The van der Waals surface area contributed by atoms with Crippen LogP contribution in [0, 0.1) is 0 Å². The van der Waals surface area contributed by atoms with Crippen molar-refractivity contribution in [1.29, 1.82) is 0 Å². The Morgan fingerprint density at radius 3 is 2.76 bits per heavy atom. The highest BCUT2D eigenvalue weighted by Crippen LogP contribution is 2.08. The standard InChI is InChI=1S/C13H17N3O/c17-13-5-3-12(4-6-13)11-14-7-1-9-16-10-2-8-15-16/h2-6,8,10,14,17H,1,7,9,11H2. The Bertz CT molecular complexity index is 422.